The smallest absolute Gasteiger partial charge is 0.338 e. The maximum atomic E-state index is 12.6. The van der Waals surface area contributed by atoms with E-state index in [2.05, 4.69) is 58.3 Å². The normalized spacial score (nSPS) is 10.9. The van der Waals surface area contributed by atoms with Crippen LogP contribution in [-0.2, 0) is 21.8 Å². The van der Waals surface area contributed by atoms with Crippen molar-refractivity contribution in [3.05, 3.63) is 72.1 Å². The number of nitrogens with one attached hydrogen (secondary N) is 1. The summed E-state index contributed by atoms with van der Waals surface area (Å²) in [6.07, 6.45) is 1.79. The molecule has 0 saturated carbocycles. The fraction of sp³-hybridized carbons (Fsp3) is 0.240. The summed E-state index contributed by atoms with van der Waals surface area (Å²) in [7, 11) is 0. The van der Waals surface area contributed by atoms with Crippen LogP contribution in [0.25, 0.3) is 10.2 Å². The highest BCUT2D eigenvalue weighted by Crippen LogP contribution is 2.28. The van der Waals surface area contributed by atoms with Gasteiger partial charge in [-0.25, -0.2) is 9.78 Å². The van der Waals surface area contributed by atoms with Gasteiger partial charge in [-0.3, -0.25) is 4.79 Å². The van der Waals surface area contributed by atoms with E-state index in [-0.39, 0.29) is 17.6 Å². The number of benzene rings is 2. The molecule has 0 aliphatic rings. The van der Waals surface area contributed by atoms with E-state index >= 15 is 0 Å². The molecule has 0 fully saturated rings. The summed E-state index contributed by atoms with van der Waals surface area (Å²) in [6, 6.07) is 13.5. The van der Waals surface area contributed by atoms with Crippen LogP contribution in [0.3, 0.4) is 0 Å². The van der Waals surface area contributed by atoms with Crippen LogP contribution >= 0.6 is 34.9 Å². The Morgan fingerprint density at radius 1 is 1.17 bits per heavy atom. The van der Waals surface area contributed by atoms with Crippen molar-refractivity contribution in [3.8, 4) is 0 Å². The molecular weight excluding hydrogens is 515 g/mol. The number of carbonyl (C=O) groups excluding carboxylic acids is 2. The molecule has 0 aliphatic carbocycles. The molecule has 4 aromatic rings. The largest absolute Gasteiger partial charge is 0.462 e. The monoisotopic (exact) mass is 539 g/mol. The number of aryl methyl sites for hydroxylation is 1. The Hall–Kier alpha value is -3.15. The molecule has 0 bridgehead atoms. The summed E-state index contributed by atoms with van der Waals surface area (Å²) in [6.45, 7) is 8.53. The van der Waals surface area contributed by atoms with E-state index in [0.29, 0.717) is 40.3 Å². The quantitative estimate of drug-likeness (QED) is 0.150. The Labute approximate surface area is 221 Å². The Bertz CT molecular complexity index is 1380. The number of thioether (sulfide) groups is 2. The Balaban J connectivity index is 1.37. The maximum absolute atomic E-state index is 12.6. The topological polar surface area (TPSA) is 99.0 Å². The summed E-state index contributed by atoms with van der Waals surface area (Å²) in [5.74, 6) is 1.07. The first kappa shape index (κ1) is 25.9. The van der Waals surface area contributed by atoms with Gasteiger partial charge in [-0.1, -0.05) is 46.9 Å². The number of ether oxygens (including phenoxy) is 1. The molecule has 0 unspecified atom stereocenters. The minimum atomic E-state index is -0.380. The van der Waals surface area contributed by atoms with Gasteiger partial charge in [0, 0.05) is 11.4 Å². The van der Waals surface area contributed by atoms with Gasteiger partial charge < -0.3 is 14.6 Å². The fourth-order valence-corrected chi connectivity index (χ4v) is 5.76. The van der Waals surface area contributed by atoms with Crippen molar-refractivity contribution >= 4 is 62.1 Å². The van der Waals surface area contributed by atoms with Crippen LogP contribution < -0.4 is 5.32 Å². The zero-order chi connectivity index (χ0) is 25.5. The number of rotatable bonds is 11. The molecule has 2 heterocycles. The van der Waals surface area contributed by atoms with Crippen LogP contribution in [0.1, 0.15) is 28.7 Å². The highest BCUT2D eigenvalue weighted by Gasteiger charge is 2.16. The van der Waals surface area contributed by atoms with Gasteiger partial charge in [-0.05, 0) is 44.2 Å². The van der Waals surface area contributed by atoms with E-state index in [1.807, 2.05) is 4.57 Å². The molecule has 8 nitrogen and oxygen atoms in total. The first-order valence-electron chi connectivity index (χ1n) is 11.2. The molecule has 0 radical (unpaired) electrons. The van der Waals surface area contributed by atoms with E-state index in [1.165, 1.54) is 28.7 Å². The highest BCUT2D eigenvalue weighted by atomic mass is 32.2. The van der Waals surface area contributed by atoms with E-state index in [4.69, 9.17) is 4.74 Å². The number of aromatic nitrogens is 4. The average molecular weight is 540 g/mol. The fourth-order valence-electron chi connectivity index (χ4n) is 3.23. The predicted molar refractivity (Wildman–Crippen MR) is 146 cm³/mol. The lowest BCUT2D eigenvalue weighted by molar-refractivity contribution is -0.113. The van der Waals surface area contributed by atoms with Crippen molar-refractivity contribution in [2.45, 2.75) is 36.2 Å². The molecule has 2 aromatic carbocycles. The lowest BCUT2D eigenvalue weighted by Crippen LogP contribution is -2.14. The number of anilines is 1. The second kappa shape index (κ2) is 12.2. The highest BCUT2D eigenvalue weighted by molar-refractivity contribution is 7.99. The summed E-state index contributed by atoms with van der Waals surface area (Å²) in [4.78, 5) is 30.2. The number of hydrogen-bond acceptors (Lipinski definition) is 9. The minimum Gasteiger partial charge on any atom is -0.462 e. The summed E-state index contributed by atoms with van der Waals surface area (Å²) in [5, 5.41) is 12.6. The van der Waals surface area contributed by atoms with Crippen molar-refractivity contribution in [1.29, 1.82) is 0 Å². The van der Waals surface area contributed by atoms with Gasteiger partial charge in [0.15, 0.2) is 10.3 Å². The van der Waals surface area contributed by atoms with Crippen LogP contribution in [0.5, 0.6) is 0 Å². The SMILES string of the molecule is C=CCn1c(CSc2ccc(C)cc2)nnc1SCC(=O)Nc1nc2ccc(C(=O)OCC)cc2s1. The first-order valence-corrected chi connectivity index (χ1v) is 14.0. The molecule has 1 N–H and O–H groups in total. The predicted octanol–water partition coefficient (Wildman–Crippen LogP) is 5.58. The molecule has 0 atom stereocenters. The second-order valence-electron chi connectivity index (χ2n) is 7.66. The zero-order valence-electron chi connectivity index (χ0n) is 19.9. The third kappa shape index (κ3) is 6.54. The summed E-state index contributed by atoms with van der Waals surface area (Å²) < 4.78 is 7.81. The molecule has 0 saturated heterocycles. The van der Waals surface area contributed by atoms with Crippen molar-refractivity contribution in [1.82, 2.24) is 19.7 Å². The van der Waals surface area contributed by atoms with Gasteiger partial charge in [0.1, 0.15) is 5.82 Å². The molecular formula is C25H25N5O3S3. The molecule has 0 aliphatic heterocycles. The van der Waals surface area contributed by atoms with Crippen LogP contribution in [0.4, 0.5) is 5.13 Å². The number of carbonyl (C=O) groups is 2. The number of allylic oxidation sites excluding steroid dienone is 1. The molecule has 2 aromatic heterocycles. The Kier molecular flexibility index (Phi) is 8.79. The van der Waals surface area contributed by atoms with Gasteiger partial charge in [0.25, 0.3) is 0 Å². The first-order chi connectivity index (χ1) is 17.5. The molecule has 186 valence electrons. The van der Waals surface area contributed by atoms with Crippen LogP contribution in [0.2, 0.25) is 0 Å². The third-order valence-electron chi connectivity index (χ3n) is 4.97. The molecule has 1 amide bonds. The number of esters is 1. The van der Waals surface area contributed by atoms with Gasteiger partial charge in [0.2, 0.25) is 5.91 Å². The minimum absolute atomic E-state index is 0.157. The van der Waals surface area contributed by atoms with Crippen LogP contribution in [-0.4, -0.2) is 44.0 Å². The van der Waals surface area contributed by atoms with E-state index in [1.54, 1.807) is 43.0 Å². The third-order valence-corrected chi connectivity index (χ3v) is 7.88. The van der Waals surface area contributed by atoms with Crippen molar-refractivity contribution in [2.24, 2.45) is 0 Å². The second-order valence-corrected chi connectivity index (χ2v) is 10.7. The number of nitrogens with zero attached hydrogens (tertiary/aromatic N) is 4. The number of thiazole rings is 1. The van der Waals surface area contributed by atoms with Gasteiger partial charge in [-0.15, -0.1) is 28.5 Å². The van der Waals surface area contributed by atoms with Crippen molar-refractivity contribution in [2.75, 3.05) is 17.7 Å². The number of fused-ring (bicyclic) bond motifs is 1. The van der Waals surface area contributed by atoms with Crippen LogP contribution in [0.15, 0.2) is 65.2 Å². The lowest BCUT2D eigenvalue weighted by atomic mass is 10.2. The van der Waals surface area contributed by atoms with Gasteiger partial charge in [-0.2, -0.15) is 0 Å². The van der Waals surface area contributed by atoms with Gasteiger partial charge >= 0.3 is 5.97 Å². The van der Waals surface area contributed by atoms with Gasteiger partial charge in [0.05, 0.1) is 33.9 Å². The number of hydrogen-bond donors (Lipinski definition) is 1. The number of amides is 1. The van der Waals surface area contributed by atoms with E-state index in [0.717, 1.165) is 15.4 Å². The Morgan fingerprint density at radius 2 is 1.97 bits per heavy atom. The molecule has 11 heteroatoms. The molecule has 36 heavy (non-hydrogen) atoms. The molecule has 4 rings (SSSR count). The molecule has 0 spiro atoms. The average Bonchev–Trinajstić information content (AvgIpc) is 3.45. The zero-order valence-corrected chi connectivity index (χ0v) is 22.3. The van der Waals surface area contributed by atoms with E-state index < -0.39 is 0 Å². The van der Waals surface area contributed by atoms with Crippen molar-refractivity contribution in [3.63, 3.8) is 0 Å². The summed E-state index contributed by atoms with van der Waals surface area (Å²) >= 11 is 4.31. The van der Waals surface area contributed by atoms with Crippen molar-refractivity contribution < 1.29 is 14.3 Å². The lowest BCUT2D eigenvalue weighted by Gasteiger charge is -2.08. The van der Waals surface area contributed by atoms with E-state index in [9.17, 15) is 9.59 Å². The Morgan fingerprint density at radius 3 is 2.72 bits per heavy atom. The maximum Gasteiger partial charge on any atom is 0.338 e. The van der Waals surface area contributed by atoms with Crippen LogP contribution in [0, 0.1) is 6.92 Å². The standard InChI is InChI=1S/C25H25N5O3S3/c1-4-12-30-21(14-34-18-9-6-16(3)7-10-18)28-29-25(30)35-15-22(31)27-24-26-19-11-8-17(13-20(19)36-24)23(32)33-5-2/h4,6-11,13H,1,5,12,14-15H2,2-3H3,(H,26,27,31). The summed E-state index contributed by atoms with van der Waals surface area (Å²) in [5.41, 5.74) is 2.38.